The van der Waals surface area contributed by atoms with Crippen LogP contribution in [0.3, 0.4) is 0 Å². The van der Waals surface area contributed by atoms with Crippen molar-refractivity contribution in [2.24, 2.45) is 0 Å². The molecule has 9 nitrogen and oxygen atoms in total. The van der Waals surface area contributed by atoms with Crippen LogP contribution in [0.5, 0.6) is 23.0 Å². The van der Waals surface area contributed by atoms with Gasteiger partial charge in [0.05, 0.1) is 56.7 Å². The van der Waals surface area contributed by atoms with E-state index in [0.717, 1.165) is 84.5 Å². The smallest absolute Gasteiger partial charge is 0.152 e. The van der Waals surface area contributed by atoms with Gasteiger partial charge in [-0.15, -0.1) is 0 Å². The summed E-state index contributed by atoms with van der Waals surface area (Å²) < 4.78 is 22.7. The highest BCUT2D eigenvalue weighted by atomic mass is 16.5. The predicted molar refractivity (Wildman–Crippen MR) is 232 cm³/mol. The number of hydrogen-bond donors (Lipinski definition) is 2. The lowest BCUT2D eigenvalue weighted by Gasteiger charge is -2.09. The van der Waals surface area contributed by atoms with Crippen molar-refractivity contribution in [3.63, 3.8) is 0 Å². The minimum Gasteiger partial charge on any atom is -0.497 e. The number of rotatable bonds is 9. The molecule has 3 aromatic heterocycles. The van der Waals surface area contributed by atoms with Gasteiger partial charge in [0.15, 0.2) is 6.29 Å². The average Bonchev–Trinajstić information content (AvgIpc) is 4.11. The Morgan fingerprint density at radius 3 is 1.29 bits per heavy atom. The molecule has 7 aromatic rings. The summed E-state index contributed by atoms with van der Waals surface area (Å²) in [5.41, 5.74) is 13.1. The normalized spacial score (nSPS) is 11.7. The molecule has 2 aliphatic rings. The highest BCUT2D eigenvalue weighted by Gasteiger charge is 2.21. The van der Waals surface area contributed by atoms with Crippen LogP contribution in [0.4, 0.5) is 0 Å². The van der Waals surface area contributed by atoms with Crippen LogP contribution in [0.15, 0.2) is 115 Å². The summed E-state index contributed by atoms with van der Waals surface area (Å²) in [5, 5.41) is 0. The van der Waals surface area contributed by atoms with Crippen molar-refractivity contribution in [2.75, 3.05) is 28.4 Å². The zero-order chi connectivity index (χ0) is 39.8. The van der Waals surface area contributed by atoms with Gasteiger partial charge in [-0.3, -0.25) is 4.79 Å². The molecule has 9 heteroatoms. The second-order valence-electron chi connectivity index (χ2n) is 13.8. The Balaban J connectivity index is 1.51. The second-order valence-corrected chi connectivity index (χ2v) is 13.8. The molecule has 0 saturated heterocycles. The third kappa shape index (κ3) is 6.48. The van der Waals surface area contributed by atoms with Crippen molar-refractivity contribution in [3.8, 4) is 67.5 Å². The monoisotopic (exact) mass is 762 g/mol. The van der Waals surface area contributed by atoms with Gasteiger partial charge >= 0.3 is 0 Å². The molecule has 284 valence electrons. The van der Waals surface area contributed by atoms with E-state index in [1.165, 1.54) is 0 Å². The minimum absolute atomic E-state index is 0.469. The molecule has 0 unspecified atom stereocenters. The number of methoxy groups -OCH3 is 4. The molecule has 0 atom stereocenters. The maximum atomic E-state index is 13.2. The van der Waals surface area contributed by atoms with Gasteiger partial charge in [0.25, 0.3) is 0 Å². The topological polar surface area (TPSA) is 111 Å². The molecule has 8 bridgehead atoms. The van der Waals surface area contributed by atoms with Gasteiger partial charge in [-0.25, -0.2) is 9.97 Å². The van der Waals surface area contributed by atoms with E-state index in [9.17, 15) is 4.79 Å². The van der Waals surface area contributed by atoms with E-state index in [2.05, 4.69) is 28.2 Å². The Kier molecular flexibility index (Phi) is 9.39. The van der Waals surface area contributed by atoms with E-state index in [1.807, 2.05) is 121 Å². The van der Waals surface area contributed by atoms with Crippen LogP contribution >= 0.6 is 0 Å². The number of aromatic nitrogens is 4. The maximum Gasteiger partial charge on any atom is 0.152 e. The lowest BCUT2D eigenvalue weighted by molar-refractivity contribution is 0.112. The van der Waals surface area contributed by atoms with Crippen molar-refractivity contribution in [2.45, 2.75) is 0 Å². The highest BCUT2D eigenvalue weighted by Crippen LogP contribution is 2.40. The fraction of sp³-hybridized carbons (Fsp3) is 0.0816. The van der Waals surface area contributed by atoms with Crippen LogP contribution in [0.25, 0.3) is 90.9 Å². The standard InChI is InChI=1S/C49H38N4O5/c1-55-34-13-5-9-29(23-34)45-38-17-18-39(50-38)46(30-10-6-14-35(24-30)56-2)41-21-22-43(52-41)48(32-12-8-16-37(26-32)58-4)49-33(28-54)27-44(53-49)47(42-20-19-40(45)51-42)31-11-7-15-36(25-31)57-3/h5-28,51,53H,1-4H3. The Bertz CT molecular complexity index is 2990. The van der Waals surface area contributed by atoms with Crippen LogP contribution in [0.2, 0.25) is 0 Å². The summed E-state index contributed by atoms with van der Waals surface area (Å²) >= 11 is 0. The number of fused-ring (bicyclic) bond motifs is 8. The number of carbonyl (C=O) groups is 1. The van der Waals surface area contributed by atoms with E-state index in [-0.39, 0.29) is 0 Å². The Morgan fingerprint density at radius 2 is 0.828 bits per heavy atom. The van der Waals surface area contributed by atoms with Crippen molar-refractivity contribution in [3.05, 3.63) is 144 Å². The molecule has 0 radical (unpaired) electrons. The van der Waals surface area contributed by atoms with Gasteiger partial charge in [-0.2, -0.15) is 0 Å². The first-order valence-corrected chi connectivity index (χ1v) is 18.7. The predicted octanol–water partition coefficient (Wildman–Crippen LogP) is 11.2. The molecule has 0 saturated carbocycles. The average molecular weight is 763 g/mol. The number of nitrogens with zero attached hydrogens (tertiary/aromatic N) is 2. The Morgan fingerprint density at radius 1 is 0.431 bits per heavy atom. The fourth-order valence-corrected chi connectivity index (χ4v) is 7.73. The first-order chi connectivity index (χ1) is 28.5. The van der Waals surface area contributed by atoms with Crippen molar-refractivity contribution < 1.29 is 23.7 Å². The van der Waals surface area contributed by atoms with Crippen molar-refractivity contribution in [1.82, 2.24) is 19.9 Å². The molecule has 4 aromatic carbocycles. The van der Waals surface area contributed by atoms with Crippen LogP contribution in [0, 0.1) is 0 Å². The molecular weight excluding hydrogens is 725 g/mol. The highest BCUT2D eigenvalue weighted by molar-refractivity contribution is 6.05. The number of nitrogens with one attached hydrogen (secondary N) is 2. The molecule has 2 N–H and O–H groups in total. The van der Waals surface area contributed by atoms with Crippen molar-refractivity contribution >= 4 is 52.7 Å². The molecule has 0 aliphatic carbocycles. The molecule has 58 heavy (non-hydrogen) atoms. The van der Waals surface area contributed by atoms with Crippen LogP contribution < -0.4 is 18.9 Å². The zero-order valence-electron chi connectivity index (χ0n) is 32.3. The quantitative estimate of drug-likeness (QED) is 0.141. The Hall–Kier alpha value is -7.65. The van der Waals surface area contributed by atoms with Gasteiger partial charge in [0.2, 0.25) is 0 Å². The molecular formula is C49H38N4O5. The van der Waals surface area contributed by atoms with E-state index < -0.39 is 0 Å². The molecule has 5 heterocycles. The number of benzene rings is 4. The third-order valence-electron chi connectivity index (χ3n) is 10.5. The first kappa shape index (κ1) is 36.0. The number of H-pyrrole nitrogens is 2. The zero-order valence-corrected chi connectivity index (χ0v) is 32.3. The summed E-state index contributed by atoms with van der Waals surface area (Å²) in [6, 6.07) is 37.5. The van der Waals surface area contributed by atoms with Crippen LogP contribution in [-0.2, 0) is 0 Å². The molecule has 0 amide bonds. The molecule has 0 spiro atoms. The van der Waals surface area contributed by atoms with Gasteiger partial charge in [-0.05, 0) is 113 Å². The summed E-state index contributed by atoms with van der Waals surface area (Å²) in [4.78, 5) is 31.3. The van der Waals surface area contributed by atoms with E-state index in [1.54, 1.807) is 28.4 Å². The first-order valence-electron chi connectivity index (χ1n) is 18.7. The Labute approximate surface area is 334 Å². The van der Waals surface area contributed by atoms with E-state index >= 15 is 0 Å². The lowest BCUT2D eigenvalue weighted by Crippen LogP contribution is -1.92. The maximum absolute atomic E-state index is 13.2. The van der Waals surface area contributed by atoms with Crippen LogP contribution in [-0.4, -0.2) is 54.7 Å². The number of ether oxygens (including phenoxy) is 4. The van der Waals surface area contributed by atoms with Crippen molar-refractivity contribution in [1.29, 1.82) is 0 Å². The largest absolute Gasteiger partial charge is 0.497 e. The third-order valence-corrected chi connectivity index (χ3v) is 10.5. The summed E-state index contributed by atoms with van der Waals surface area (Å²) in [7, 11) is 6.60. The second kappa shape index (κ2) is 15.1. The van der Waals surface area contributed by atoms with Crippen LogP contribution in [0.1, 0.15) is 33.1 Å². The van der Waals surface area contributed by atoms with Gasteiger partial charge in [0, 0.05) is 44.4 Å². The summed E-state index contributed by atoms with van der Waals surface area (Å²) in [6.07, 6.45) is 8.94. The van der Waals surface area contributed by atoms with Gasteiger partial charge in [0.1, 0.15) is 23.0 Å². The molecule has 2 aliphatic heterocycles. The SMILES string of the molecule is COc1cccc(-c2c3nc(c(-c4cccc(OC)c4)c4ccc([nH]4)c(-c4cccc(OC)c4)c4cc(C=O)c([nH]4)c(-c4cccc(OC)c4)c4nc2C=C4)C=C3)c1. The van der Waals surface area contributed by atoms with E-state index in [4.69, 9.17) is 28.9 Å². The fourth-order valence-electron chi connectivity index (χ4n) is 7.73. The molecule has 9 rings (SSSR count). The molecule has 0 fully saturated rings. The summed E-state index contributed by atoms with van der Waals surface area (Å²) in [6.45, 7) is 0. The summed E-state index contributed by atoms with van der Waals surface area (Å²) in [5.74, 6) is 2.80. The van der Waals surface area contributed by atoms with Gasteiger partial charge in [-0.1, -0.05) is 48.5 Å². The van der Waals surface area contributed by atoms with Gasteiger partial charge < -0.3 is 28.9 Å². The van der Waals surface area contributed by atoms with E-state index in [0.29, 0.717) is 39.7 Å². The number of aldehydes is 1. The minimum atomic E-state index is 0.469. The number of aromatic amines is 2. The lowest BCUT2D eigenvalue weighted by atomic mass is 10.0. The number of carbonyl (C=O) groups excluding carboxylic acids is 1. The number of hydrogen-bond acceptors (Lipinski definition) is 7.